The molecule has 0 aromatic carbocycles. The molecule has 11 atom stereocenters. The van der Waals surface area contributed by atoms with Crippen LogP contribution in [0.3, 0.4) is 0 Å². The Morgan fingerprint density at radius 1 is 1.11 bits per heavy atom. The molecule has 0 heterocycles. The zero-order valence-electron chi connectivity index (χ0n) is 22.8. The molecule has 0 spiro atoms. The van der Waals surface area contributed by atoms with Gasteiger partial charge in [-0.3, -0.25) is 4.79 Å². The lowest BCUT2D eigenvalue weighted by Gasteiger charge is -2.67. The lowest BCUT2D eigenvalue weighted by atomic mass is 9.42. The van der Waals surface area contributed by atoms with E-state index in [9.17, 15) is 35.4 Å². The summed E-state index contributed by atoms with van der Waals surface area (Å²) in [4.78, 5) is 12.3. The molecule has 8 nitrogen and oxygen atoms in total. The summed E-state index contributed by atoms with van der Waals surface area (Å²) in [6.45, 7) is 9.18. The van der Waals surface area contributed by atoms with E-state index in [2.05, 4.69) is 39.8 Å². The minimum absolute atomic E-state index is 0.179. The Kier molecular flexibility index (Phi) is 7.54. The fourth-order valence-electron chi connectivity index (χ4n) is 8.62. The molecule has 0 saturated heterocycles. The largest absolute Gasteiger partial charge is 0.459 e. The number of aliphatic hydroxyl groups is 6. The van der Waals surface area contributed by atoms with Crippen LogP contribution in [0.1, 0.15) is 73.1 Å². The molecule has 0 aliphatic heterocycles. The van der Waals surface area contributed by atoms with Crippen LogP contribution in [-0.2, 0) is 9.53 Å². The summed E-state index contributed by atoms with van der Waals surface area (Å²) < 4.78 is 5.80. The summed E-state index contributed by atoms with van der Waals surface area (Å²) >= 11 is 0. The van der Waals surface area contributed by atoms with E-state index in [-0.39, 0.29) is 29.6 Å². The van der Waals surface area contributed by atoms with Crippen molar-refractivity contribution in [1.29, 1.82) is 0 Å². The van der Waals surface area contributed by atoms with Gasteiger partial charge in [-0.25, -0.2) is 0 Å². The molecule has 0 aromatic heterocycles. The van der Waals surface area contributed by atoms with Crippen LogP contribution in [0.15, 0.2) is 23.8 Å². The molecular weight excluding hydrogens is 476 g/mol. The van der Waals surface area contributed by atoms with Gasteiger partial charge in [-0.1, -0.05) is 45.9 Å². The molecule has 0 aromatic rings. The zero-order valence-corrected chi connectivity index (χ0v) is 22.8. The number of hydrogen-bond donors (Lipinski definition) is 6. The summed E-state index contributed by atoms with van der Waals surface area (Å²) in [5.41, 5.74) is -5.92. The summed E-state index contributed by atoms with van der Waals surface area (Å²) in [5, 5.41) is 67.6. The fourth-order valence-corrected chi connectivity index (χ4v) is 8.62. The predicted octanol–water partition coefficient (Wildman–Crippen LogP) is 1.85. The van der Waals surface area contributed by atoms with Gasteiger partial charge in [0.1, 0.15) is 23.4 Å². The van der Waals surface area contributed by atoms with Gasteiger partial charge in [0.2, 0.25) is 0 Å². The molecule has 37 heavy (non-hydrogen) atoms. The first-order valence-electron chi connectivity index (χ1n) is 13.8. The molecule has 8 heteroatoms. The second kappa shape index (κ2) is 9.72. The van der Waals surface area contributed by atoms with Gasteiger partial charge in [0, 0.05) is 13.3 Å². The average molecular weight is 523 g/mol. The van der Waals surface area contributed by atoms with E-state index in [1.807, 2.05) is 0 Å². The van der Waals surface area contributed by atoms with Gasteiger partial charge >= 0.3 is 5.97 Å². The van der Waals surface area contributed by atoms with Gasteiger partial charge in [0.15, 0.2) is 0 Å². The number of carbonyl (C=O) groups excluding carboxylic acids is 1. The molecular formula is C29H46O8. The van der Waals surface area contributed by atoms with Gasteiger partial charge in [-0.15, -0.1) is 0 Å². The quantitative estimate of drug-likeness (QED) is 0.229. The van der Waals surface area contributed by atoms with Crippen molar-refractivity contribution in [3.8, 4) is 0 Å². The minimum Gasteiger partial charge on any atom is -0.459 e. The summed E-state index contributed by atoms with van der Waals surface area (Å²) in [6.07, 6.45) is 2.78. The third-order valence-corrected chi connectivity index (χ3v) is 10.5. The second-order valence-electron chi connectivity index (χ2n) is 13.0. The smallest absolute Gasteiger partial charge is 0.303 e. The predicted molar refractivity (Wildman–Crippen MR) is 137 cm³/mol. The molecule has 6 N–H and O–H groups in total. The summed E-state index contributed by atoms with van der Waals surface area (Å²) in [7, 11) is 0. The van der Waals surface area contributed by atoms with Crippen molar-refractivity contribution >= 4 is 5.97 Å². The standard InChI is InChI=1S/C29H46O8/c1-16(2)7-6-8-17(3)19-9-10-20-21-11-24(34)28(35)13-23(33)22(32)12-27(28,15-30)29(21,36)25(37-18(4)31)14-26(19,20)5/h6,8,11,16-17,19-20,22-25,30,32-36H,7,9-10,12-15H2,1-5H3/b8-6-/t17-,19-,20-,22+,23+,24+,25+,26+,27+,28-,29-/m0/s1. The normalized spacial score (nSPS) is 48.3. The minimum atomic E-state index is -2.13. The number of fused-ring (bicyclic) bond motifs is 5. The van der Waals surface area contributed by atoms with Crippen LogP contribution in [0.4, 0.5) is 0 Å². The molecule has 4 rings (SSSR count). The van der Waals surface area contributed by atoms with Crippen molar-refractivity contribution < 1.29 is 40.2 Å². The number of allylic oxidation sites excluding steroid dienone is 2. The SMILES string of the molecule is CC(=O)O[C@@H]1C[C@@]2(C)[C@@H](CC[C@H]2[C@@H](C)/C=C\CC(C)C)C2=C[C@@H](O)[C@@]3(O)C[C@@H](O)[C@H](O)C[C@]3(CO)[C@]21O. The Morgan fingerprint density at radius 2 is 1.76 bits per heavy atom. The lowest BCUT2D eigenvalue weighted by molar-refractivity contribution is -0.312. The fraction of sp³-hybridized carbons (Fsp3) is 0.828. The average Bonchev–Trinajstić information content (AvgIpc) is 3.14. The highest BCUT2D eigenvalue weighted by Crippen LogP contribution is 2.69. The van der Waals surface area contributed by atoms with Crippen molar-refractivity contribution in [2.75, 3.05) is 6.61 Å². The summed E-state index contributed by atoms with van der Waals surface area (Å²) in [5.74, 6) is 0.244. The van der Waals surface area contributed by atoms with E-state index in [1.54, 1.807) is 0 Å². The Labute approximate surface area is 220 Å². The molecule has 4 aliphatic rings. The zero-order chi connectivity index (χ0) is 27.6. The number of hydrogen-bond acceptors (Lipinski definition) is 8. The highest BCUT2D eigenvalue weighted by atomic mass is 16.6. The maximum Gasteiger partial charge on any atom is 0.303 e. The van der Waals surface area contributed by atoms with Crippen molar-refractivity contribution in [1.82, 2.24) is 0 Å². The Balaban J connectivity index is 1.84. The first-order chi connectivity index (χ1) is 17.2. The molecule has 0 amide bonds. The van der Waals surface area contributed by atoms with Gasteiger partial charge in [0.25, 0.3) is 0 Å². The maximum absolute atomic E-state index is 12.6. The summed E-state index contributed by atoms with van der Waals surface area (Å²) in [6, 6.07) is 0. The Bertz CT molecular complexity index is 946. The van der Waals surface area contributed by atoms with E-state index < -0.39 is 60.0 Å². The second-order valence-corrected chi connectivity index (χ2v) is 13.0. The number of esters is 1. The molecule has 3 fully saturated rings. The van der Waals surface area contributed by atoms with Gasteiger partial charge < -0.3 is 35.4 Å². The molecule has 0 radical (unpaired) electrons. The van der Waals surface area contributed by atoms with Crippen molar-refractivity contribution in [2.45, 2.75) is 109 Å². The van der Waals surface area contributed by atoms with Crippen molar-refractivity contribution in [2.24, 2.45) is 34.5 Å². The third-order valence-electron chi connectivity index (χ3n) is 10.5. The van der Waals surface area contributed by atoms with Crippen LogP contribution in [-0.4, -0.2) is 78.8 Å². The lowest BCUT2D eigenvalue weighted by Crippen LogP contribution is -2.80. The topological polar surface area (TPSA) is 148 Å². The van der Waals surface area contributed by atoms with Crippen LogP contribution in [0, 0.1) is 34.5 Å². The molecule has 0 unspecified atom stereocenters. The molecule has 3 saturated carbocycles. The molecule has 4 aliphatic carbocycles. The van der Waals surface area contributed by atoms with Crippen LogP contribution in [0.5, 0.6) is 0 Å². The first-order valence-corrected chi connectivity index (χ1v) is 13.8. The van der Waals surface area contributed by atoms with Crippen molar-refractivity contribution in [3.05, 3.63) is 23.8 Å². The van der Waals surface area contributed by atoms with E-state index in [0.717, 1.165) is 19.3 Å². The van der Waals surface area contributed by atoms with Crippen LogP contribution in [0.25, 0.3) is 0 Å². The van der Waals surface area contributed by atoms with E-state index in [1.165, 1.54) is 13.0 Å². The monoisotopic (exact) mass is 522 g/mol. The van der Waals surface area contributed by atoms with E-state index in [0.29, 0.717) is 17.9 Å². The highest BCUT2D eigenvalue weighted by Gasteiger charge is 2.77. The van der Waals surface area contributed by atoms with Gasteiger partial charge in [-0.05, 0) is 66.8 Å². The third kappa shape index (κ3) is 4.05. The van der Waals surface area contributed by atoms with E-state index >= 15 is 0 Å². The number of rotatable bonds is 6. The highest BCUT2D eigenvalue weighted by molar-refractivity contribution is 5.66. The Morgan fingerprint density at radius 3 is 2.35 bits per heavy atom. The van der Waals surface area contributed by atoms with Crippen LogP contribution < -0.4 is 0 Å². The van der Waals surface area contributed by atoms with E-state index in [4.69, 9.17) is 4.74 Å². The van der Waals surface area contributed by atoms with Gasteiger partial charge in [0.05, 0.1) is 24.2 Å². The number of carbonyl (C=O) groups is 1. The van der Waals surface area contributed by atoms with Crippen LogP contribution >= 0.6 is 0 Å². The van der Waals surface area contributed by atoms with Gasteiger partial charge in [-0.2, -0.15) is 0 Å². The maximum atomic E-state index is 12.6. The number of ether oxygens (including phenoxy) is 1. The van der Waals surface area contributed by atoms with Crippen LogP contribution in [0.2, 0.25) is 0 Å². The molecule has 210 valence electrons. The number of aliphatic hydroxyl groups excluding tert-OH is 4. The molecule has 0 bridgehead atoms. The van der Waals surface area contributed by atoms with Crippen molar-refractivity contribution in [3.63, 3.8) is 0 Å². The first kappa shape index (κ1) is 28.7. The Hall–Kier alpha value is -1.29.